The molecular formula is C12H18ClN5S. The first-order chi connectivity index (χ1) is 9.13. The van der Waals surface area contributed by atoms with Gasteiger partial charge in [0.1, 0.15) is 0 Å². The minimum absolute atomic E-state index is 0.128. The van der Waals surface area contributed by atoms with Gasteiger partial charge >= 0.3 is 0 Å². The summed E-state index contributed by atoms with van der Waals surface area (Å²) in [5, 5.41) is 6.99. The molecule has 0 aromatic carbocycles. The highest BCUT2D eigenvalue weighted by molar-refractivity contribution is 7.10. The second-order valence-electron chi connectivity index (χ2n) is 4.52. The van der Waals surface area contributed by atoms with E-state index in [0.717, 1.165) is 23.7 Å². The van der Waals surface area contributed by atoms with Gasteiger partial charge in [-0.05, 0) is 25.5 Å². The molecule has 0 aliphatic rings. The molecule has 104 valence electrons. The third kappa shape index (κ3) is 3.34. The van der Waals surface area contributed by atoms with E-state index in [-0.39, 0.29) is 6.04 Å². The molecule has 0 bridgehead atoms. The first-order valence-corrected chi connectivity index (χ1v) is 7.24. The van der Waals surface area contributed by atoms with E-state index in [0.29, 0.717) is 5.02 Å². The van der Waals surface area contributed by atoms with Gasteiger partial charge in [-0.1, -0.05) is 17.7 Å². The van der Waals surface area contributed by atoms with Crippen LogP contribution in [-0.4, -0.2) is 35.3 Å². The van der Waals surface area contributed by atoms with Crippen LogP contribution in [-0.2, 0) is 6.54 Å². The Morgan fingerprint density at radius 1 is 1.58 bits per heavy atom. The summed E-state index contributed by atoms with van der Waals surface area (Å²) < 4.78 is 1.91. The number of halogens is 1. The maximum Gasteiger partial charge on any atom is 0.0985 e. The van der Waals surface area contributed by atoms with Gasteiger partial charge in [-0.2, -0.15) is 5.10 Å². The summed E-state index contributed by atoms with van der Waals surface area (Å²) in [6, 6.07) is 3.91. The molecule has 0 amide bonds. The molecule has 19 heavy (non-hydrogen) atoms. The Labute approximate surface area is 121 Å². The molecule has 1 atom stereocenters. The number of hydrogen-bond donors (Lipinski definition) is 2. The van der Waals surface area contributed by atoms with Crippen LogP contribution in [0.5, 0.6) is 0 Å². The monoisotopic (exact) mass is 299 g/mol. The molecule has 1 unspecified atom stereocenters. The molecule has 0 aliphatic carbocycles. The second kappa shape index (κ2) is 6.49. The van der Waals surface area contributed by atoms with E-state index in [4.69, 9.17) is 17.4 Å². The highest BCUT2D eigenvalue weighted by Crippen LogP contribution is 2.30. The van der Waals surface area contributed by atoms with E-state index < -0.39 is 0 Å². The first kappa shape index (κ1) is 14.5. The van der Waals surface area contributed by atoms with Crippen molar-refractivity contribution in [3.63, 3.8) is 0 Å². The van der Waals surface area contributed by atoms with Crippen LogP contribution in [0.3, 0.4) is 0 Å². The number of hydrazine groups is 1. The quantitative estimate of drug-likeness (QED) is 0.630. The molecule has 5 nitrogen and oxygen atoms in total. The normalized spacial score (nSPS) is 13.1. The minimum atomic E-state index is -0.128. The van der Waals surface area contributed by atoms with Gasteiger partial charge in [-0.3, -0.25) is 10.5 Å². The molecule has 2 heterocycles. The van der Waals surface area contributed by atoms with Crippen molar-refractivity contribution < 1.29 is 0 Å². The van der Waals surface area contributed by atoms with Crippen molar-refractivity contribution >= 4 is 22.9 Å². The molecule has 0 aliphatic heterocycles. The molecule has 0 radical (unpaired) electrons. The predicted octanol–water partition coefficient (Wildman–Crippen LogP) is 1.71. The van der Waals surface area contributed by atoms with Crippen molar-refractivity contribution in [2.75, 3.05) is 20.6 Å². The SMILES string of the molecule is CN(C)CCn1ncc(Cl)c1C(NN)c1cccs1. The first-order valence-electron chi connectivity index (χ1n) is 5.99. The van der Waals surface area contributed by atoms with Crippen LogP contribution in [0.15, 0.2) is 23.7 Å². The zero-order valence-electron chi connectivity index (χ0n) is 11.0. The van der Waals surface area contributed by atoms with Gasteiger partial charge in [0.25, 0.3) is 0 Å². The van der Waals surface area contributed by atoms with Gasteiger partial charge in [0.05, 0.1) is 29.5 Å². The van der Waals surface area contributed by atoms with Gasteiger partial charge in [0.2, 0.25) is 0 Å². The number of nitrogens with one attached hydrogen (secondary N) is 1. The molecule has 0 saturated carbocycles. The molecule has 3 N–H and O–H groups in total. The highest BCUT2D eigenvalue weighted by atomic mass is 35.5. The van der Waals surface area contributed by atoms with Crippen LogP contribution in [0.4, 0.5) is 0 Å². The number of nitrogens with zero attached hydrogens (tertiary/aromatic N) is 3. The summed E-state index contributed by atoms with van der Waals surface area (Å²) in [7, 11) is 4.06. The van der Waals surface area contributed by atoms with Crippen LogP contribution < -0.4 is 11.3 Å². The Morgan fingerprint density at radius 3 is 2.95 bits per heavy atom. The van der Waals surface area contributed by atoms with Crippen molar-refractivity contribution in [3.8, 4) is 0 Å². The van der Waals surface area contributed by atoms with Gasteiger partial charge in [-0.25, -0.2) is 5.43 Å². The Kier molecular flexibility index (Phi) is 4.95. The maximum absolute atomic E-state index is 6.26. The molecule has 0 spiro atoms. The largest absolute Gasteiger partial charge is 0.308 e. The lowest BCUT2D eigenvalue weighted by Gasteiger charge is -2.18. The topological polar surface area (TPSA) is 59.1 Å². The van der Waals surface area contributed by atoms with Crippen LogP contribution >= 0.6 is 22.9 Å². The molecule has 2 aromatic rings. The Hall–Kier alpha value is -0.920. The smallest absolute Gasteiger partial charge is 0.0985 e. The third-order valence-corrected chi connectivity index (χ3v) is 4.09. The fourth-order valence-corrected chi connectivity index (χ4v) is 2.92. The van der Waals surface area contributed by atoms with Gasteiger partial charge in [-0.15, -0.1) is 11.3 Å². The number of nitrogens with two attached hydrogens (primary N) is 1. The summed E-state index contributed by atoms with van der Waals surface area (Å²) in [6.07, 6.45) is 1.67. The summed E-state index contributed by atoms with van der Waals surface area (Å²) >= 11 is 7.91. The minimum Gasteiger partial charge on any atom is -0.308 e. The van der Waals surface area contributed by atoms with Crippen LogP contribution in [0, 0.1) is 0 Å². The van der Waals surface area contributed by atoms with Crippen molar-refractivity contribution in [1.29, 1.82) is 0 Å². The van der Waals surface area contributed by atoms with E-state index in [1.165, 1.54) is 0 Å². The second-order valence-corrected chi connectivity index (χ2v) is 5.91. The zero-order chi connectivity index (χ0) is 13.8. The molecule has 2 rings (SSSR count). The maximum atomic E-state index is 6.26. The summed E-state index contributed by atoms with van der Waals surface area (Å²) in [4.78, 5) is 3.23. The number of thiophene rings is 1. The van der Waals surface area contributed by atoms with E-state index in [9.17, 15) is 0 Å². The van der Waals surface area contributed by atoms with E-state index >= 15 is 0 Å². The highest BCUT2D eigenvalue weighted by Gasteiger charge is 2.21. The third-order valence-electron chi connectivity index (χ3n) is 2.86. The Balaban J connectivity index is 2.29. The number of hydrogen-bond acceptors (Lipinski definition) is 5. The lowest BCUT2D eigenvalue weighted by molar-refractivity contribution is 0.366. The molecular weight excluding hydrogens is 282 g/mol. The van der Waals surface area contributed by atoms with Gasteiger partial charge in [0, 0.05) is 11.4 Å². The van der Waals surface area contributed by atoms with Crippen molar-refractivity contribution in [3.05, 3.63) is 39.3 Å². The summed E-state index contributed by atoms with van der Waals surface area (Å²) in [5.41, 5.74) is 3.74. The average Bonchev–Trinajstić information content (AvgIpc) is 3.00. The van der Waals surface area contributed by atoms with E-state index in [2.05, 4.69) is 15.4 Å². The number of likely N-dealkylation sites (N-methyl/N-ethyl adjacent to an activating group) is 1. The van der Waals surface area contributed by atoms with Gasteiger partial charge in [0.15, 0.2) is 0 Å². The molecule has 0 saturated heterocycles. The van der Waals surface area contributed by atoms with Crippen LogP contribution in [0.25, 0.3) is 0 Å². The molecule has 0 fully saturated rings. The predicted molar refractivity (Wildman–Crippen MR) is 79.3 cm³/mol. The van der Waals surface area contributed by atoms with Crippen molar-refractivity contribution in [1.82, 2.24) is 20.1 Å². The van der Waals surface area contributed by atoms with E-state index in [1.807, 2.05) is 36.3 Å². The Morgan fingerprint density at radius 2 is 2.37 bits per heavy atom. The molecule has 7 heteroatoms. The zero-order valence-corrected chi connectivity index (χ0v) is 12.6. The van der Waals surface area contributed by atoms with E-state index in [1.54, 1.807) is 17.5 Å². The standard InChI is InChI=1S/C12H18ClN5S/c1-17(2)5-6-18-12(9(13)8-15-18)11(16-14)10-4-3-7-19-10/h3-4,7-8,11,16H,5-6,14H2,1-2H3. The summed E-state index contributed by atoms with van der Waals surface area (Å²) in [6.45, 7) is 1.67. The van der Waals surface area contributed by atoms with Crippen molar-refractivity contribution in [2.45, 2.75) is 12.6 Å². The van der Waals surface area contributed by atoms with Crippen LogP contribution in [0.1, 0.15) is 16.6 Å². The summed E-state index contributed by atoms with van der Waals surface area (Å²) in [5.74, 6) is 5.70. The number of aromatic nitrogens is 2. The van der Waals surface area contributed by atoms with Crippen molar-refractivity contribution in [2.24, 2.45) is 5.84 Å². The fourth-order valence-electron chi connectivity index (χ4n) is 1.88. The lowest BCUT2D eigenvalue weighted by Crippen LogP contribution is -2.31. The molecule has 2 aromatic heterocycles. The lowest BCUT2D eigenvalue weighted by atomic mass is 10.2. The van der Waals surface area contributed by atoms with Crippen LogP contribution in [0.2, 0.25) is 5.02 Å². The fraction of sp³-hybridized carbons (Fsp3) is 0.417. The van der Waals surface area contributed by atoms with Gasteiger partial charge < -0.3 is 4.90 Å². The Bertz CT molecular complexity index is 508. The average molecular weight is 300 g/mol. The number of rotatable bonds is 6.